The first-order chi connectivity index (χ1) is 19.8. The highest BCUT2D eigenvalue weighted by Gasteiger charge is 2.38. The maximum Gasteiger partial charge on any atom is 0.490 e. The van der Waals surface area contributed by atoms with E-state index in [4.69, 9.17) is 15.6 Å². The summed E-state index contributed by atoms with van der Waals surface area (Å²) in [7, 11) is 0. The van der Waals surface area contributed by atoms with Crippen LogP contribution in [-0.4, -0.2) is 44.1 Å². The van der Waals surface area contributed by atoms with Gasteiger partial charge in [-0.05, 0) is 71.3 Å². The van der Waals surface area contributed by atoms with E-state index in [1.54, 1.807) is 11.3 Å². The number of carboxylic acids is 1. The van der Waals surface area contributed by atoms with E-state index >= 15 is 0 Å². The van der Waals surface area contributed by atoms with Crippen molar-refractivity contribution < 1.29 is 36.6 Å². The van der Waals surface area contributed by atoms with Gasteiger partial charge in [0.05, 0.1) is 13.1 Å². The van der Waals surface area contributed by atoms with E-state index < -0.39 is 23.9 Å². The quantitative estimate of drug-likeness (QED) is 0.266. The molecule has 0 saturated carbocycles. The van der Waals surface area contributed by atoms with Crippen molar-refractivity contribution in [3.63, 3.8) is 0 Å². The van der Waals surface area contributed by atoms with Crippen molar-refractivity contribution in [2.24, 2.45) is 5.73 Å². The molecule has 2 aromatic heterocycles. The lowest BCUT2D eigenvalue weighted by Crippen LogP contribution is -2.27. The van der Waals surface area contributed by atoms with Gasteiger partial charge in [-0.3, -0.25) is 9.36 Å². The lowest BCUT2D eigenvalue weighted by molar-refractivity contribution is -0.192. The summed E-state index contributed by atoms with van der Waals surface area (Å²) in [5.74, 6) is -2.71. The second kappa shape index (κ2) is 12.2. The Hall–Kier alpha value is -4.37. The van der Waals surface area contributed by atoms with Crippen molar-refractivity contribution in [1.29, 1.82) is 0 Å². The van der Waals surface area contributed by atoms with Gasteiger partial charge in [0.25, 0.3) is 6.08 Å². The average Bonchev–Trinajstić information content (AvgIpc) is 3.49. The monoisotopic (exact) mass is 609 g/mol. The number of aromatic nitrogens is 3. The van der Waals surface area contributed by atoms with Crippen LogP contribution in [0, 0.1) is 6.92 Å². The molecule has 0 aliphatic carbocycles. The second-order valence-corrected chi connectivity index (χ2v) is 10.6. The normalized spacial score (nSPS) is 12.8. The van der Waals surface area contributed by atoms with E-state index in [2.05, 4.69) is 40.7 Å². The molecule has 9 nitrogen and oxygen atoms in total. The molecule has 1 aliphatic rings. The van der Waals surface area contributed by atoms with Crippen molar-refractivity contribution in [3.05, 3.63) is 80.9 Å². The minimum atomic E-state index is -5.08. The number of halogens is 5. The summed E-state index contributed by atoms with van der Waals surface area (Å²) in [6, 6.07) is 12.5. The average molecular weight is 610 g/mol. The number of carboxylic acid groups (broad SMARTS) is 1. The minimum absolute atomic E-state index is 0.0519. The van der Waals surface area contributed by atoms with Gasteiger partial charge in [-0.15, -0.1) is 11.3 Å². The number of hydrogen-bond acceptors (Lipinski definition) is 6. The van der Waals surface area contributed by atoms with Crippen LogP contribution >= 0.6 is 11.3 Å². The zero-order valence-electron chi connectivity index (χ0n) is 22.0. The summed E-state index contributed by atoms with van der Waals surface area (Å²) in [5, 5.41) is 15.1. The van der Waals surface area contributed by atoms with Gasteiger partial charge in [0.2, 0.25) is 5.91 Å². The third kappa shape index (κ3) is 6.91. The molecule has 0 unspecified atom stereocenters. The first kappa shape index (κ1) is 30.6. The van der Waals surface area contributed by atoms with E-state index in [1.165, 1.54) is 10.9 Å². The van der Waals surface area contributed by atoms with E-state index in [9.17, 15) is 31.5 Å². The number of anilines is 1. The van der Waals surface area contributed by atoms with Gasteiger partial charge in [-0.25, -0.2) is 14.3 Å². The van der Waals surface area contributed by atoms with Crippen LogP contribution in [0.3, 0.4) is 0 Å². The first-order valence-electron chi connectivity index (χ1n) is 12.4. The van der Waals surface area contributed by atoms with Crippen LogP contribution in [0.1, 0.15) is 22.4 Å². The van der Waals surface area contributed by atoms with E-state index in [0.717, 1.165) is 54.0 Å². The van der Waals surface area contributed by atoms with Gasteiger partial charge < -0.3 is 16.2 Å². The van der Waals surface area contributed by atoms with E-state index in [1.807, 2.05) is 13.0 Å². The Kier molecular flexibility index (Phi) is 8.92. The Bertz CT molecular complexity index is 1750. The topological polar surface area (TPSA) is 132 Å². The SMILES string of the molecule is Cc1cc(-c2ccc3sc(Cn4cnn(CC(CN)=C(F)F)c4=O)cc3c2)cc2c1NC(=O)CC2.O=C(O)C(F)(F)F. The molecule has 1 aliphatic heterocycles. The molecule has 0 radical (unpaired) electrons. The van der Waals surface area contributed by atoms with Crippen molar-refractivity contribution in [2.75, 3.05) is 11.9 Å². The maximum atomic E-state index is 12.9. The maximum absolute atomic E-state index is 12.9. The number of thiophene rings is 1. The fourth-order valence-corrected chi connectivity index (χ4v) is 5.39. The number of alkyl halides is 3. The summed E-state index contributed by atoms with van der Waals surface area (Å²) in [6.45, 7) is 1.63. The molecule has 0 fully saturated rings. The number of aliphatic carboxylic acids is 1. The van der Waals surface area contributed by atoms with E-state index in [-0.39, 0.29) is 24.6 Å². The standard InChI is InChI=1S/C25H23F2N5O2S.C2HF3O2/c1-14-6-17(8-16-3-5-22(33)30-23(14)16)15-2-4-21-18(7-15)9-20(35-21)12-31-13-29-32(25(31)34)11-19(10-28)24(26)27;3-2(4,5)1(6)7/h2,4,6-9,13H,3,5,10-12,28H2,1H3,(H,30,33);(H,6,7). The number of carbonyl (C=O) groups is 2. The number of carbonyl (C=O) groups excluding carboxylic acids is 1. The predicted molar refractivity (Wildman–Crippen MR) is 147 cm³/mol. The Morgan fingerprint density at radius 3 is 2.48 bits per heavy atom. The molecule has 0 atom stereocenters. The van der Waals surface area contributed by atoms with Gasteiger partial charge in [0.15, 0.2) is 0 Å². The largest absolute Gasteiger partial charge is 0.490 e. The molecule has 2 aromatic carbocycles. The summed E-state index contributed by atoms with van der Waals surface area (Å²) < 4.78 is 61.0. The van der Waals surface area contributed by atoms with Crippen LogP contribution in [-0.2, 0) is 29.1 Å². The first-order valence-corrected chi connectivity index (χ1v) is 13.2. The number of fused-ring (bicyclic) bond motifs is 2. The third-order valence-electron chi connectivity index (χ3n) is 6.42. The number of amides is 1. The second-order valence-electron chi connectivity index (χ2n) is 9.41. The van der Waals surface area contributed by atoms with Crippen LogP contribution in [0.25, 0.3) is 21.2 Å². The highest BCUT2D eigenvalue weighted by molar-refractivity contribution is 7.19. The fourth-order valence-electron chi connectivity index (χ4n) is 4.35. The van der Waals surface area contributed by atoms with Crippen LogP contribution in [0.4, 0.5) is 27.6 Å². The Balaban J connectivity index is 0.000000517. The molecule has 0 bridgehead atoms. The third-order valence-corrected chi connectivity index (χ3v) is 7.52. The number of hydrogen-bond donors (Lipinski definition) is 3. The molecule has 0 spiro atoms. The molecule has 4 aromatic rings. The van der Waals surface area contributed by atoms with Crippen molar-refractivity contribution in [3.8, 4) is 11.1 Å². The zero-order valence-corrected chi connectivity index (χ0v) is 22.8. The Morgan fingerprint density at radius 1 is 1.12 bits per heavy atom. The predicted octanol–water partition coefficient (Wildman–Crippen LogP) is 4.91. The minimum Gasteiger partial charge on any atom is -0.475 e. The van der Waals surface area contributed by atoms with Crippen molar-refractivity contribution >= 4 is 39.0 Å². The molecular formula is C27H24F5N5O4S. The van der Waals surface area contributed by atoms with Gasteiger partial charge in [-0.2, -0.15) is 27.1 Å². The van der Waals surface area contributed by atoms with Gasteiger partial charge in [0, 0.05) is 33.8 Å². The van der Waals surface area contributed by atoms with Gasteiger partial charge in [-0.1, -0.05) is 6.07 Å². The molecule has 222 valence electrons. The number of benzene rings is 2. The molecule has 5 rings (SSSR count). The van der Waals surface area contributed by atoms with Crippen molar-refractivity contribution in [1.82, 2.24) is 14.3 Å². The van der Waals surface area contributed by atoms with Crippen LogP contribution in [0.5, 0.6) is 0 Å². The Morgan fingerprint density at radius 2 is 1.83 bits per heavy atom. The molecular weight excluding hydrogens is 585 g/mol. The lowest BCUT2D eigenvalue weighted by atomic mass is 9.93. The summed E-state index contributed by atoms with van der Waals surface area (Å²) >= 11 is 1.57. The van der Waals surface area contributed by atoms with Crippen LogP contribution in [0.2, 0.25) is 0 Å². The highest BCUT2D eigenvalue weighted by Crippen LogP contribution is 2.35. The molecule has 3 heterocycles. The molecule has 1 amide bonds. The molecule has 15 heteroatoms. The molecule has 4 N–H and O–H groups in total. The van der Waals surface area contributed by atoms with E-state index in [0.29, 0.717) is 13.0 Å². The van der Waals surface area contributed by atoms with Gasteiger partial charge in [0.1, 0.15) is 6.33 Å². The summed E-state index contributed by atoms with van der Waals surface area (Å²) in [5.41, 5.74) is 9.82. The number of nitrogens with one attached hydrogen (secondary N) is 1. The number of rotatable bonds is 6. The number of nitrogens with zero attached hydrogens (tertiary/aromatic N) is 3. The van der Waals surface area contributed by atoms with Crippen LogP contribution < -0.4 is 16.7 Å². The van der Waals surface area contributed by atoms with Gasteiger partial charge >= 0.3 is 17.8 Å². The highest BCUT2D eigenvalue weighted by atomic mass is 32.1. The summed E-state index contributed by atoms with van der Waals surface area (Å²) in [4.78, 5) is 34.2. The fraction of sp³-hybridized carbons (Fsp3) is 0.259. The number of nitrogens with two attached hydrogens (primary N) is 1. The zero-order chi connectivity index (χ0) is 30.8. The van der Waals surface area contributed by atoms with Crippen molar-refractivity contribution in [2.45, 2.75) is 39.0 Å². The van der Waals surface area contributed by atoms with Crippen LogP contribution in [0.15, 0.2) is 59.2 Å². The summed E-state index contributed by atoms with van der Waals surface area (Å²) in [6.07, 6.45) is -4.39. The Labute approximate surface area is 238 Å². The molecule has 0 saturated heterocycles. The molecule has 42 heavy (non-hydrogen) atoms. The number of aryl methyl sites for hydroxylation is 2. The smallest absolute Gasteiger partial charge is 0.475 e. The lowest BCUT2D eigenvalue weighted by Gasteiger charge is -2.20.